The van der Waals surface area contributed by atoms with Gasteiger partial charge in [-0.25, -0.2) is 9.18 Å². The maximum Gasteiger partial charge on any atom is 0.321 e. The Morgan fingerprint density at radius 2 is 1.53 bits per heavy atom. The van der Waals surface area contributed by atoms with Gasteiger partial charge in [0.15, 0.2) is 0 Å². The van der Waals surface area contributed by atoms with E-state index in [2.05, 4.69) is 51.2 Å². The van der Waals surface area contributed by atoms with Crippen molar-refractivity contribution in [1.82, 2.24) is 9.80 Å². The third-order valence-electron chi connectivity index (χ3n) is 6.95. The summed E-state index contributed by atoms with van der Waals surface area (Å²) in [5.74, 6) is 1.08. The molecule has 0 aliphatic carbocycles. The summed E-state index contributed by atoms with van der Waals surface area (Å²) in [6.45, 7) is 10.4. The van der Waals surface area contributed by atoms with Gasteiger partial charge in [0.2, 0.25) is 0 Å². The van der Waals surface area contributed by atoms with Gasteiger partial charge in [0.05, 0.1) is 4.87 Å². The molecule has 2 aromatic rings. The third kappa shape index (κ3) is 4.81. The lowest BCUT2D eigenvalue weighted by Gasteiger charge is -2.44. The first-order valence-electron chi connectivity index (χ1n) is 12.1. The zero-order valence-electron chi connectivity index (χ0n) is 20.4. The van der Waals surface area contributed by atoms with Crippen LogP contribution >= 0.6 is 11.8 Å². The van der Waals surface area contributed by atoms with Crippen molar-refractivity contribution in [3.8, 4) is 0 Å². The molecule has 2 aliphatic rings. The van der Waals surface area contributed by atoms with E-state index in [4.69, 9.17) is 0 Å². The number of urea groups is 1. The molecular weight excluding hydrogens is 449 g/mol. The Bertz CT molecular complexity index is 1020. The highest BCUT2D eigenvalue weighted by Gasteiger charge is 2.47. The second-order valence-electron chi connectivity index (χ2n) is 9.80. The van der Waals surface area contributed by atoms with Gasteiger partial charge in [0, 0.05) is 36.6 Å². The molecule has 2 heterocycles. The lowest BCUT2D eigenvalue weighted by Crippen LogP contribution is -2.54. The molecule has 34 heavy (non-hydrogen) atoms. The van der Waals surface area contributed by atoms with Crippen LogP contribution < -0.4 is 5.32 Å². The average Bonchev–Trinajstić information content (AvgIpc) is 3.22. The number of benzene rings is 2. The fourth-order valence-corrected chi connectivity index (χ4v) is 6.45. The number of carbonyl (C=O) groups is 2. The normalized spacial score (nSPS) is 17.6. The zero-order chi connectivity index (χ0) is 24.5. The first-order valence-corrected chi connectivity index (χ1v) is 13.1. The lowest BCUT2D eigenvalue weighted by molar-refractivity contribution is 0.0585. The summed E-state index contributed by atoms with van der Waals surface area (Å²) >= 11 is 1.80. The van der Waals surface area contributed by atoms with Gasteiger partial charge in [-0.2, -0.15) is 0 Å². The summed E-state index contributed by atoms with van der Waals surface area (Å²) in [7, 11) is 0. The van der Waals surface area contributed by atoms with E-state index in [0.717, 1.165) is 35.4 Å². The first-order chi connectivity index (χ1) is 16.2. The fourth-order valence-electron chi connectivity index (χ4n) is 5.00. The van der Waals surface area contributed by atoms with E-state index >= 15 is 0 Å². The molecule has 0 radical (unpaired) electrons. The van der Waals surface area contributed by atoms with Crippen molar-refractivity contribution in [3.63, 3.8) is 0 Å². The summed E-state index contributed by atoms with van der Waals surface area (Å²) in [6.07, 6.45) is 1.45. The molecule has 4 rings (SSSR count). The minimum atomic E-state index is -0.346. The van der Waals surface area contributed by atoms with Crippen molar-refractivity contribution in [2.24, 2.45) is 0 Å². The molecule has 0 atom stereocenters. The van der Waals surface area contributed by atoms with Gasteiger partial charge in [0.1, 0.15) is 5.82 Å². The Balaban J connectivity index is 1.46. The van der Waals surface area contributed by atoms with Crippen LogP contribution in [0.1, 0.15) is 73.9 Å². The number of carbonyl (C=O) groups excluding carboxylic acids is 2. The number of piperidine rings is 1. The summed E-state index contributed by atoms with van der Waals surface area (Å²) in [5, 5.41) is 3.22. The Morgan fingerprint density at radius 1 is 0.941 bits per heavy atom. The number of halogens is 1. The van der Waals surface area contributed by atoms with Crippen molar-refractivity contribution >= 4 is 29.4 Å². The molecule has 3 amide bonds. The molecule has 2 aromatic carbocycles. The lowest BCUT2D eigenvalue weighted by atomic mass is 9.92. The first kappa shape index (κ1) is 24.6. The summed E-state index contributed by atoms with van der Waals surface area (Å²) in [4.78, 5) is 30.0. The molecule has 2 fully saturated rings. The highest BCUT2D eigenvalue weighted by Crippen LogP contribution is 2.44. The number of thioether (sulfide) groups is 1. The number of amides is 3. The Hall–Kier alpha value is -2.54. The number of nitrogens with one attached hydrogen (secondary N) is 1. The quantitative estimate of drug-likeness (QED) is 0.556. The van der Waals surface area contributed by atoms with Crippen LogP contribution in [-0.4, -0.2) is 52.0 Å². The largest absolute Gasteiger partial charge is 0.324 e. The van der Waals surface area contributed by atoms with E-state index in [0.29, 0.717) is 37.0 Å². The van der Waals surface area contributed by atoms with Crippen molar-refractivity contribution in [1.29, 1.82) is 0 Å². The predicted molar refractivity (Wildman–Crippen MR) is 137 cm³/mol. The Labute approximate surface area is 206 Å². The molecule has 1 spiro atoms. The van der Waals surface area contributed by atoms with Crippen molar-refractivity contribution in [2.45, 2.75) is 57.2 Å². The number of rotatable bonds is 4. The number of anilines is 1. The van der Waals surface area contributed by atoms with Gasteiger partial charge in [-0.1, -0.05) is 45.9 Å². The SMILES string of the molecule is CC(C)c1cccc(C(C)C)c1NC(=O)N1CCC2(CC1)SCCN2C(=O)c1ccc(F)cc1. The summed E-state index contributed by atoms with van der Waals surface area (Å²) in [5.41, 5.74) is 3.74. The molecule has 1 N–H and O–H groups in total. The molecule has 0 bridgehead atoms. The molecular formula is C27H34FN3O2S. The predicted octanol–water partition coefficient (Wildman–Crippen LogP) is 6.29. The van der Waals surface area contributed by atoms with E-state index in [1.807, 2.05) is 9.80 Å². The van der Waals surface area contributed by atoms with Crippen LogP contribution in [0, 0.1) is 5.82 Å². The van der Waals surface area contributed by atoms with Gasteiger partial charge in [-0.05, 0) is 60.1 Å². The van der Waals surface area contributed by atoms with Gasteiger partial charge in [0.25, 0.3) is 5.91 Å². The number of para-hydroxylation sites is 1. The molecule has 0 unspecified atom stereocenters. The van der Waals surface area contributed by atoms with E-state index < -0.39 is 0 Å². The molecule has 0 saturated carbocycles. The minimum Gasteiger partial charge on any atom is -0.324 e. The summed E-state index contributed by atoms with van der Waals surface area (Å²) in [6, 6.07) is 11.9. The molecule has 0 aromatic heterocycles. The number of likely N-dealkylation sites (tertiary alicyclic amines) is 1. The molecule has 2 aliphatic heterocycles. The Kier molecular flexibility index (Phi) is 7.22. The molecule has 5 nitrogen and oxygen atoms in total. The van der Waals surface area contributed by atoms with Gasteiger partial charge in [-0.15, -0.1) is 11.8 Å². The van der Waals surface area contributed by atoms with Crippen LogP contribution in [0.15, 0.2) is 42.5 Å². The number of hydrogen-bond acceptors (Lipinski definition) is 3. The van der Waals surface area contributed by atoms with Crippen LogP contribution in [0.2, 0.25) is 0 Å². The van der Waals surface area contributed by atoms with Crippen molar-refractivity contribution < 1.29 is 14.0 Å². The van der Waals surface area contributed by atoms with E-state index in [1.54, 1.807) is 23.9 Å². The van der Waals surface area contributed by atoms with E-state index in [9.17, 15) is 14.0 Å². The highest BCUT2D eigenvalue weighted by molar-refractivity contribution is 8.00. The van der Waals surface area contributed by atoms with Crippen LogP contribution in [0.5, 0.6) is 0 Å². The smallest absolute Gasteiger partial charge is 0.321 e. The minimum absolute atomic E-state index is 0.0599. The molecule has 182 valence electrons. The number of nitrogens with zero attached hydrogens (tertiary/aromatic N) is 2. The van der Waals surface area contributed by atoms with Crippen LogP contribution in [0.3, 0.4) is 0 Å². The standard InChI is InChI=1S/C27H34FN3O2S/c1-18(2)22-6-5-7-23(19(3)4)24(22)29-26(33)30-14-12-27(13-15-30)31(16-17-34-27)25(32)20-8-10-21(28)11-9-20/h5-11,18-19H,12-17H2,1-4H3,(H,29,33). The molecule has 2 saturated heterocycles. The third-order valence-corrected chi connectivity index (χ3v) is 8.50. The van der Waals surface area contributed by atoms with Crippen LogP contribution in [0.4, 0.5) is 14.9 Å². The Morgan fingerprint density at radius 3 is 2.09 bits per heavy atom. The second-order valence-corrected chi connectivity index (χ2v) is 11.3. The van der Waals surface area contributed by atoms with Gasteiger partial charge < -0.3 is 15.1 Å². The second kappa shape index (κ2) is 9.98. The van der Waals surface area contributed by atoms with Gasteiger partial charge >= 0.3 is 6.03 Å². The van der Waals surface area contributed by atoms with Crippen LogP contribution in [0.25, 0.3) is 0 Å². The van der Waals surface area contributed by atoms with Crippen LogP contribution in [-0.2, 0) is 0 Å². The maximum absolute atomic E-state index is 13.3. The fraction of sp³-hybridized carbons (Fsp3) is 0.481. The van der Waals surface area contributed by atoms with E-state index in [1.165, 1.54) is 12.1 Å². The molecule has 7 heteroatoms. The average molecular weight is 484 g/mol. The summed E-state index contributed by atoms with van der Waals surface area (Å²) < 4.78 is 13.3. The number of hydrogen-bond donors (Lipinski definition) is 1. The van der Waals surface area contributed by atoms with Crippen molar-refractivity contribution in [3.05, 3.63) is 65.0 Å². The topological polar surface area (TPSA) is 52.7 Å². The monoisotopic (exact) mass is 483 g/mol. The van der Waals surface area contributed by atoms with Crippen molar-refractivity contribution in [2.75, 3.05) is 30.7 Å². The highest BCUT2D eigenvalue weighted by atomic mass is 32.2. The van der Waals surface area contributed by atoms with E-state index in [-0.39, 0.29) is 22.6 Å². The van der Waals surface area contributed by atoms with Gasteiger partial charge in [-0.3, -0.25) is 4.79 Å². The zero-order valence-corrected chi connectivity index (χ0v) is 21.3. The maximum atomic E-state index is 13.3.